The fourth-order valence-electron chi connectivity index (χ4n) is 4.52. The average molecular weight is 489 g/mol. The van der Waals surface area contributed by atoms with E-state index in [0.717, 1.165) is 37.0 Å². The van der Waals surface area contributed by atoms with Gasteiger partial charge in [-0.2, -0.15) is 0 Å². The van der Waals surface area contributed by atoms with Crippen molar-refractivity contribution in [1.29, 1.82) is 0 Å². The van der Waals surface area contributed by atoms with Gasteiger partial charge in [-0.1, -0.05) is 36.4 Å². The highest BCUT2D eigenvalue weighted by Gasteiger charge is 2.24. The minimum atomic E-state index is -0.151. The summed E-state index contributed by atoms with van der Waals surface area (Å²) in [5, 5.41) is 7.96. The third-order valence-electron chi connectivity index (χ3n) is 6.31. The van der Waals surface area contributed by atoms with E-state index < -0.39 is 0 Å². The van der Waals surface area contributed by atoms with E-state index in [1.807, 2.05) is 48.5 Å². The second-order valence-corrected chi connectivity index (χ2v) is 8.78. The zero-order valence-corrected chi connectivity index (χ0v) is 20.4. The minimum absolute atomic E-state index is 0. The summed E-state index contributed by atoms with van der Waals surface area (Å²) in [5.74, 6) is 1.74. The van der Waals surface area contributed by atoms with Crippen molar-refractivity contribution in [2.75, 3.05) is 5.32 Å². The van der Waals surface area contributed by atoms with E-state index in [0.29, 0.717) is 23.2 Å². The molecule has 0 radical (unpaired) electrons. The predicted octanol–water partition coefficient (Wildman–Crippen LogP) is 6.31. The van der Waals surface area contributed by atoms with Crippen LogP contribution in [0.2, 0.25) is 0 Å². The molecule has 2 aromatic heterocycles. The SMILES string of the molecule is Cc1cc(N[C@H]2CC[C@@H](NC(=O)c3cccnc3Oc3ccccc3)CC2)nc2ccccc12.Cl. The highest BCUT2D eigenvalue weighted by Crippen LogP contribution is 2.26. The number of hydrogen-bond acceptors (Lipinski definition) is 5. The van der Waals surface area contributed by atoms with Gasteiger partial charge in [-0.3, -0.25) is 4.79 Å². The first-order valence-electron chi connectivity index (χ1n) is 11.8. The lowest BCUT2D eigenvalue weighted by molar-refractivity contribution is 0.0923. The van der Waals surface area contributed by atoms with E-state index in [1.165, 1.54) is 10.9 Å². The monoisotopic (exact) mass is 488 g/mol. The van der Waals surface area contributed by atoms with Crippen molar-refractivity contribution in [1.82, 2.24) is 15.3 Å². The summed E-state index contributed by atoms with van der Waals surface area (Å²) >= 11 is 0. The Hall–Kier alpha value is -3.64. The molecule has 1 fully saturated rings. The number of fused-ring (bicyclic) bond motifs is 1. The predicted molar refractivity (Wildman–Crippen MR) is 142 cm³/mol. The Labute approximate surface area is 211 Å². The van der Waals surface area contributed by atoms with Crippen molar-refractivity contribution in [3.8, 4) is 11.6 Å². The van der Waals surface area contributed by atoms with Crippen LogP contribution in [0.4, 0.5) is 5.82 Å². The number of pyridine rings is 2. The number of ether oxygens (including phenoxy) is 1. The zero-order valence-electron chi connectivity index (χ0n) is 19.6. The topological polar surface area (TPSA) is 76.1 Å². The van der Waals surface area contributed by atoms with E-state index in [1.54, 1.807) is 18.3 Å². The second kappa shape index (κ2) is 11.2. The van der Waals surface area contributed by atoms with Crippen LogP contribution >= 0.6 is 12.4 Å². The van der Waals surface area contributed by atoms with E-state index in [9.17, 15) is 4.79 Å². The maximum Gasteiger partial charge on any atom is 0.257 e. The fraction of sp³-hybridized carbons (Fsp3) is 0.250. The van der Waals surface area contributed by atoms with Crippen LogP contribution in [0.3, 0.4) is 0 Å². The summed E-state index contributed by atoms with van der Waals surface area (Å²) in [7, 11) is 0. The quantitative estimate of drug-likeness (QED) is 0.333. The van der Waals surface area contributed by atoms with Crippen LogP contribution in [0.25, 0.3) is 10.9 Å². The van der Waals surface area contributed by atoms with E-state index in [4.69, 9.17) is 9.72 Å². The summed E-state index contributed by atoms with van der Waals surface area (Å²) in [6, 6.07) is 23.7. The molecular formula is C28H29ClN4O2. The summed E-state index contributed by atoms with van der Waals surface area (Å²) < 4.78 is 5.85. The first-order valence-corrected chi connectivity index (χ1v) is 11.8. The lowest BCUT2D eigenvalue weighted by Crippen LogP contribution is -2.40. The number of amides is 1. The van der Waals surface area contributed by atoms with Crippen LogP contribution in [0.5, 0.6) is 11.6 Å². The molecule has 4 aromatic rings. The molecule has 2 heterocycles. The molecule has 180 valence electrons. The Balaban J connectivity index is 0.00000289. The molecule has 2 N–H and O–H groups in total. The number of aromatic nitrogens is 2. The molecule has 6 nitrogen and oxygen atoms in total. The summed E-state index contributed by atoms with van der Waals surface area (Å²) in [6.45, 7) is 2.12. The molecule has 1 aliphatic carbocycles. The summed E-state index contributed by atoms with van der Waals surface area (Å²) in [4.78, 5) is 22.1. The van der Waals surface area contributed by atoms with Crippen molar-refractivity contribution in [2.45, 2.75) is 44.7 Å². The van der Waals surface area contributed by atoms with Gasteiger partial charge in [-0.05, 0) is 74.6 Å². The molecule has 1 saturated carbocycles. The van der Waals surface area contributed by atoms with Crippen molar-refractivity contribution >= 4 is 35.0 Å². The Morgan fingerprint density at radius 1 is 0.914 bits per heavy atom. The molecule has 35 heavy (non-hydrogen) atoms. The van der Waals surface area contributed by atoms with Crippen LogP contribution in [0.1, 0.15) is 41.6 Å². The number of nitrogens with one attached hydrogen (secondary N) is 2. The molecule has 5 rings (SSSR count). The molecule has 0 unspecified atom stereocenters. The number of carbonyl (C=O) groups is 1. The number of para-hydroxylation sites is 2. The summed E-state index contributed by atoms with van der Waals surface area (Å²) in [6.07, 6.45) is 5.39. The molecule has 0 spiro atoms. The van der Waals surface area contributed by atoms with Crippen LogP contribution in [-0.4, -0.2) is 28.0 Å². The Morgan fingerprint density at radius 2 is 1.63 bits per heavy atom. The van der Waals surface area contributed by atoms with Gasteiger partial charge in [0.15, 0.2) is 0 Å². The normalized spacial score (nSPS) is 17.3. The van der Waals surface area contributed by atoms with Gasteiger partial charge in [0, 0.05) is 23.7 Å². The molecule has 0 bridgehead atoms. The van der Waals surface area contributed by atoms with Crippen LogP contribution < -0.4 is 15.4 Å². The molecule has 0 atom stereocenters. The maximum atomic E-state index is 13.0. The van der Waals surface area contributed by atoms with Crippen molar-refractivity contribution < 1.29 is 9.53 Å². The highest BCUT2D eigenvalue weighted by atomic mass is 35.5. The molecule has 1 amide bonds. The van der Waals surface area contributed by atoms with Gasteiger partial charge in [0.05, 0.1) is 5.52 Å². The lowest BCUT2D eigenvalue weighted by atomic mass is 9.91. The first kappa shape index (κ1) is 24.5. The Kier molecular flexibility index (Phi) is 7.83. The van der Waals surface area contributed by atoms with Crippen LogP contribution in [0, 0.1) is 6.92 Å². The number of anilines is 1. The largest absolute Gasteiger partial charge is 0.438 e. The van der Waals surface area contributed by atoms with Gasteiger partial charge in [0.2, 0.25) is 5.88 Å². The highest BCUT2D eigenvalue weighted by molar-refractivity contribution is 5.96. The molecule has 1 aliphatic rings. The van der Waals surface area contributed by atoms with E-state index >= 15 is 0 Å². The summed E-state index contributed by atoms with van der Waals surface area (Å²) in [5.41, 5.74) is 2.68. The number of halogens is 1. The van der Waals surface area contributed by atoms with Gasteiger partial charge in [-0.15, -0.1) is 12.4 Å². The smallest absolute Gasteiger partial charge is 0.257 e. The van der Waals surface area contributed by atoms with Crippen molar-refractivity contribution in [3.05, 3.63) is 90.1 Å². The molecule has 0 saturated heterocycles. The zero-order chi connectivity index (χ0) is 23.3. The van der Waals surface area contributed by atoms with Crippen molar-refractivity contribution in [2.24, 2.45) is 0 Å². The van der Waals surface area contributed by atoms with Crippen molar-refractivity contribution in [3.63, 3.8) is 0 Å². The third-order valence-corrected chi connectivity index (χ3v) is 6.31. The van der Waals surface area contributed by atoms with Crippen LogP contribution in [0.15, 0.2) is 79.0 Å². The number of rotatable bonds is 6. The lowest BCUT2D eigenvalue weighted by Gasteiger charge is -2.30. The average Bonchev–Trinajstić information content (AvgIpc) is 2.86. The minimum Gasteiger partial charge on any atom is -0.438 e. The molecule has 7 heteroatoms. The first-order chi connectivity index (χ1) is 16.7. The van der Waals surface area contributed by atoms with Gasteiger partial charge in [0.1, 0.15) is 17.1 Å². The number of carbonyl (C=O) groups excluding carboxylic acids is 1. The Morgan fingerprint density at radius 3 is 2.43 bits per heavy atom. The van der Waals surface area contributed by atoms with E-state index in [2.05, 4.69) is 34.7 Å². The van der Waals surface area contributed by atoms with E-state index in [-0.39, 0.29) is 24.4 Å². The molecular weight excluding hydrogens is 460 g/mol. The van der Waals surface area contributed by atoms with Gasteiger partial charge in [0.25, 0.3) is 5.91 Å². The van der Waals surface area contributed by atoms with Crippen LogP contribution in [-0.2, 0) is 0 Å². The maximum absolute atomic E-state index is 13.0. The molecule has 0 aliphatic heterocycles. The number of benzene rings is 2. The number of aryl methyl sites for hydroxylation is 1. The van der Waals surface area contributed by atoms with Gasteiger partial charge in [-0.25, -0.2) is 9.97 Å². The Bertz CT molecular complexity index is 1290. The molecule has 2 aromatic carbocycles. The third kappa shape index (κ3) is 5.89. The van der Waals surface area contributed by atoms with Gasteiger partial charge < -0.3 is 15.4 Å². The number of hydrogen-bond donors (Lipinski definition) is 2. The second-order valence-electron chi connectivity index (χ2n) is 8.78. The standard InChI is InChI=1S/C28H28N4O2.ClH/c1-19-18-26(32-25-12-6-5-10-23(19)25)30-20-13-15-21(16-14-20)31-27(33)24-11-7-17-29-28(24)34-22-8-3-2-4-9-22;/h2-12,17-18,20-21H,13-16H2,1H3,(H,30,32)(H,31,33);1H/t20-,21+;. The number of nitrogens with zero attached hydrogens (tertiary/aromatic N) is 2. The van der Waals surface area contributed by atoms with Gasteiger partial charge >= 0.3 is 0 Å². The fourth-order valence-corrected chi connectivity index (χ4v) is 4.52.